The summed E-state index contributed by atoms with van der Waals surface area (Å²) in [7, 11) is 2.07. The molecule has 2 aromatic carbocycles. The molecular formula is C25H29F7N2O. The smallest absolute Gasteiger partial charge is 0.317 e. The van der Waals surface area contributed by atoms with Gasteiger partial charge in [0, 0.05) is 6.04 Å². The van der Waals surface area contributed by atoms with Crippen molar-refractivity contribution in [3.8, 4) is 0 Å². The average Bonchev–Trinajstić information content (AvgIpc) is 3.27. The van der Waals surface area contributed by atoms with Crippen LogP contribution in [0.4, 0.5) is 30.7 Å². The highest BCUT2D eigenvalue weighted by atomic mass is 19.4. The SMILES string of the molecule is CCCC(NC)C1CCCC1c1ccc(F)cc1.O=NCc1cc(C(F)(F)F)cc(C(F)(F)F)c1. The molecule has 1 fully saturated rings. The lowest BCUT2D eigenvalue weighted by atomic mass is 9.82. The number of hydrogen-bond donors (Lipinski definition) is 1. The molecule has 3 nitrogen and oxygen atoms in total. The van der Waals surface area contributed by atoms with Crippen LogP contribution >= 0.6 is 0 Å². The fourth-order valence-corrected chi connectivity index (χ4v) is 4.66. The summed E-state index contributed by atoms with van der Waals surface area (Å²) in [6.45, 7) is 1.50. The zero-order valence-corrected chi connectivity index (χ0v) is 19.5. The molecule has 1 aliphatic carbocycles. The van der Waals surface area contributed by atoms with Crippen molar-refractivity contribution in [1.82, 2.24) is 5.32 Å². The summed E-state index contributed by atoms with van der Waals surface area (Å²) in [6.07, 6.45) is -3.50. The van der Waals surface area contributed by atoms with Gasteiger partial charge >= 0.3 is 12.4 Å². The molecule has 0 amide bonds. The Morgan fingerprint density at radius 1 is 0.971 bits per heavy atom. The lowest BCUT2D eigenvalue weighted by molar-refractivity contribution is -0.143. The summed E-state index contributed by atoms with van der Waals surface area (Å²) < 4.78 is 86.8. The van der Waals surface area contributed by atoms with Crippen molar-refractivity contribution in [2.75, 3.05) is 7.05 Å². The minimum Gasteiger partial charge on any atom is -0.317 e. The molecule has 1 saturated carbocycles. The van der Waals surface area contributed by atoms with Crippen LogP contribution in [0.2, 0.25) is 0 Å². The molecule has 3 rings (SSSR count). The van der Waals surface area contributed by atoms with Gasteiger partial charge in [0.15, 0.2) is 0 Å². The first-order valence-electron chi connectivity index (χ1n) is 11.4. The van der Waals surface area contributed by atoms with Gasteiger partial charge in [-0.25, -0.2) is 4.39 Å². The minimum absolute atomic E-state index is 0.00565. The quantitative estimate of drug-likeness (QED) is 0.305. The molecule has 0 spiro atoms. The normalized spacial score (nSPS) is 19.1. The molecule has 2 aromatic rings. The minimum atomic E-state index is -4.90. The molecule has 0 heterocycles. The number of nitrogens with one attached hydrogen (secondary N) is 1. The first-order chi connectivity index (χ1) is 16.4. The van der Waals surface area contributed by atoms with Crippen LogP contribution < -0.4 is 5.32 Å². The van der Waals surface area contributed by atoms with Gasteiger partial charge in [0.05, 0.1) is 11.1 Å². The van der Waals surface area contributed by atoms with Gasteiger partial charge in [0.25, 0.3) is 0 Å². The third-order valence-electron chi connectivity index (χ3n) is 6.25. The Morgan fingerprint density at radius 3 is 2.00 bits per heavy atom. The molecule has 10 heteroatoms. The monoisotopic (exact) mass is 506 g/mol. The van der Waals surface area contributed by atoms with Crippen molar-refractivity contribution in [3.63, 3.8) is 0 Å². The fraction of sp³-hybridized carbons (Fsp3) is 0.520. The highest BCUT2D eigenvalue weighted by Crippen LogP contribution is 2.42. The van der Waals surface area contributed by atoms with E-state index in [4.69, 9.17) is 0 Å². The lowest BCUT2D eigenvalue weighted by Gasteiger charge is -2.28. The number of hydrogen-bond acceptors (Lipinski definition) is 3. The summed E-state index contributed by atoms with van der Waals surface area (Å²) in [5, 5.41) is 5.75. The maximum atomic E-state index is 13.0. The second kappa shape index (κ2) is 12.5. The Bertz CT molecular complexity index is 910. The van der Waals surface area contributed by atoms with E-state index in [1.54, 1.807) is 12.1 Å². The van der Waals surface area contributed by atoms with Gasteiger partial charge in [-0.3, -0.25) is 0 Å². The van der Waals surface area contributed by atoms with E-state index in [2.05, 4.69) is 24.5 Å². The average molecular weight is 507 g/mol. The van der Waals surface area contributed by atoms with Crippen LogP contribution in [0.1, 0.15) is 67.2 Å². The van der Waals surface area contributed by atoms with Crippen LogP contribution in [0.5, 0.6) is 0 Å². The summed E-state index contributed by atoms with van der Waals surface area (Å²) in [5.41, 5.74) is -2.02. The number of alkyl halides is 6. The van der Waals surface area contributed by atoms with Crippen molar-refractivity contribution >= 4 is 0 Å². The van der Waals surface area contributed by atoms with Crippen molar-refractivity contribution in [1.29, 1.82) is 0 Å². The van der Waals surface area contributed by atoms with Gasteiger partial charge in [0.1, 0.15) is 12.4 Å². The highest BCUT2D eigenvalue weighted by Gasteiger charge is 2.37. The zero-order valence-electron chi connectivity index (χ0n) is 19.5. The second-order valence-corrected chi connectivity index (χ2v) is 8.64. The predicted molar refractivity (Wildman–Crippen MR) is 120 cm³/mol. The van der Waals surface area contributed by atoms with E-state index in [-0.39, 0.29) is 11.9 Å². The summed E-state index contributed by atoms with van der Waals surface area (Å²) in [6, 6.07) is 8.67. The van der Waals surface area contributed by atoms with E-state index < -0.39 is 35.6 Å². The maximum absolute atomic E-state index is 13.0. The predicted octanol–water partition coefficient (Wildman–Crippen LogP) is 8.09. The molecule has 194 valence electrons. The maximum Gasteiger partial charge on any atom is 0.416 e. The van der Waals surface area contributed by atoms with Crippen LogP contribution in [-0.2, 0) is 18.9 Å². The second-order valence-electron chi connectivity index (χ2n) is 8.64. The molecule has 0 aliphatic heterocycles. The third kappa shape index (κ3) is 8.30. The van der Waals surface area contributed by atoms with Crippen LogP contribution in [0.15, 0.2) is 47.6 Å². The molecule has 0 aromatic heterocycles. The van der Waals surface area contributed by atoms with Crippen LogP contribution in [0, 0.1) is 16.6 Å². The Labute approximate surface area is 200 Å². The molecule has 0 saturated heterocycles. The summed E-state index contributed by atoms with van der Waals surface area (Å²) in [4.78, 5) is 9.88. The summed E-state index contributed by atoms with van der Waals surface area (Å²) in [5.74, 6) is 1.18. The number of benzene rings is 2. The Hall–Kier alpha value is -2.49. The topological polar surface area (TPSA) is 41.5 Å². The Morgan fingerprint density at radius 2 is 1.54 bits per heavy atom. The molecule has 35 heavy (non-hydrogen) atoms. The first-order valence-corrected chi connectivity index (χ1v) is 11.4. The van der Waals surface area contributed by atoms with Gasteiger partial charge in [-0.2, -0.15) is 31.2 Å². The lowest BCUT2D eigenvalue weighted by Crippen LogP contribution is -2.34. The molecule has 1 aliphatic rings. The van der Waals surface area contributed by atoms with Gasteiger partial charge in [-0.05, 0) is 79.6 Å². The van der Waals surface area contributed by atoms with Gasteiger partial charge < -0.3 is 5.32 Å². The van der Waals surface area contributed by atoms with Crippen LogP contribution in [-0.4, -0.2) is 13.1 Å². The third-order valence-corrected chi connectivity index (χ3v) is 6.25. The number of nitroso groups, excluding NO2 is 1. The first kappa shape index (κ1) is 28.7. The standard InChI is InChI=1S/C16H24FN.C9H5F6NO/c1-3-5-16(18-2)15-7-4-6-14(15)12-8-10-13(17)11-9-12;10-8(11,12)6-1-5(4-16-17)2-7(3-6)9(13,14)15/h8-11,14-16,18H,3-7H2,1-2H3;1-3H,4H2. The van der Waals surface area contributed by atoms with Crippen molar-refractivity contribution in [3.05, 3.63) is 75.4 Å². The van der Waals surface area contributed by atoms with Gasteiger partial charge in [0.2, 0.25) is 0 Å². The van der Waals surface area contributed by atoms with Gasteiger partial charge in [-0.15, -0.1) is 0 Å². The number of rotatable bonds is 7. The zero-order chi connectivity index (χ0) is 26.2. The Balaban J connectivity index is 0.000000247. The van der Waals surface area contributed by atoms with Crippen molar-refractivity contribution in [2.45, 2.75) is 69.9 Å². The van der Waals surface area contributed by atoms with E-state index in [9.17, 15) is 35.6 Å². The molecule has 0 bridgehead atoms. The van der Waals surface area contributed by atoms with E-state index in [1.165, 1.54) is 37.7 Å². The van der Waals surface area contributed by atoms with Crippen molar-refractivity contribution < 1.29 is 30.7 Å². The van der Waals surface area contributed by atoms with E-state index in [0.29, 0.717) is 30.0 Å². The van der Waals surface area contributed by atoms with Crippen LogP contribution in [0.25, 0.3) is 0 Å². The van der Waals surface area contributed by atoms with Gasteiger partial charge in [-0.1, -0.05) is 37.1 Å². The number of halogens is 7. The molecule has 3 atom stereocenters. The summed E-state index contributed by atoms with van der Waals surface area (Å²) >= 11 is 0. The molecule has 0 radical (unpaired) electrons. The molecule has 1 N–H and O–H groups in total. The van der Waals surface area contributed by atoms with Crippen LogP contribution in [0.3, 0.4) is 0 Å². The Kier molecular flexibility index (Phi) is 10.2. The molecule has 3 unspecified atom stereocenters. The fourth-order valence-electron chi connectivity index (χ4n) is 4.66. The van der Waals surface area contributed by atoms with E-state index >= 15 is 0 Å². The van der Waals surface area contributed by atoms with Crippen molar-refractivity contribution in [2.24, 2.45) is 11.1 Å². The molecular weight excluding hydrogens is 477 g/mol. The largest absolute Gasteiger partial charge is 0.416 e. The van der Waals surface area contributed by atoms with E-state index in [0.717, 1.165) is 0 Å². The number of nitrogens with zero attached hydrogens (tertiary/aromatic N) is 1. The van der Waals surface area contributed by atoms with E-state index in [1.807, 2.05) is 12.1 Å². The highest BCUT2D eigenvalue weighted by molar-refractivity contribution is 5.33.